The number of ether oxygens (including phenoxy) is 2. The molecule has 0 atom stereocenters. The van der Waals surface area contributed by atoms with E-state index in [1.807, 2.05) is 22.9 Å². The Morgan fingerprint density at radius 1 is 1.15 bits per heavy atom. The van der Waals surface area contributed by atoms with Crippen molar-refractivity contribution in [3.05, 3.63) is 59.4 Å². The molecule has 0 unspecified atom stereocenters. The van der Waals surface area contributed by atoms with Gasteiger partial charge in [-0.05, 0) is 54.5 Å². The average Bonchev–Trinajstić information content (AvgIpc) is 3.18. The van der Waals surface area contributed by atoms with Gasteiger partial charge in [-0.1, -0.05) is 39.6 Å². The van der Waals surface area contributed by atoms with Crippen molar-refractivity contribution >= 4 is 31.1 Å². The number of fused-ring (bicyclic) bond motifs is 3. The molecule has 0 saturated heterocycles. The van der Waals surface area contributed by atoms with Gasteiger partial charge in [0.15, 0.2) is 5.65 Å². The molecule has 1 aliphatic heterocycles. The van der Waals surface area contributed by atoms with Crippen molar-refractivity contribution < 1.29 is 19.4 Å². The second kappa shape index (κ2) is 12.6. The molecule has 46 heavy (non-hydrogen) atoms. The molecule has 0 fully saturated rings. The number of imidazole rings is 1. The number of benzene rings is 1. The van der Waals surface area contributed by atoms with E-state index in [1.165, 1.54) is 17.5 Å². The van der Waals surface area contributed by atoms with Crippen LogP contribution in [0.15, 0.2) is 36.8 Å². The Morgan fingerprint density at radius 2 is 1.98 bits per heavy atom. The summed E-state index contributed by atoms with van der Waals surface area (Å²) in [7, 11) is 0.285. The van der Waals surface area contributed by atoms with E-state index >= 15 is 0 Å². The number of pyridine rings is 1. The minimum atomic E-state index is -1.25. The predicted molar refractivity (Wildman–Crippen MR) is 181 cm³/mol. The van der Waals surface area contributed by atoms with Crippen LogP contribution in [0.3, 0.4) is 0 Å². The Morgan fingerprint density at radius 3 is 2.76 bits per heavy atom. The summed E-state index contributed by atoms with van der Waals surface area (Å²) in [6.07, 6.45) is 5.62. The molecule has 0 bridgehead atoms. The number of anilines is 1. The maximum Gasteiger partial charge on any atom is 0.407 e. The van der Waals surface area contributed by atoms with Crippen LogP contribution in [-0.4, -0.2) is 75.5 Å². The maximum absolute atomic E-state index is 11.6. The van der Waals surface area contributed by atoms with Gasteiger partial charge in [-0.2, -0.15) is 0 Å². The number of carbonyl (C=O) groups is 1. The van der Waals surface area contributed by atoms with Crippen molar-refractivity contribution in [2.45, 2.75) is 78.6 Å². The van der Waals surface area contributed by atoms with E-state index in [-0.39, 0.29) is 18.7 Å². The average molecular weight is 644 g/mol. The molecule has 1 N–H and O–H groups in total. The Balaban J connectivity index is 1.29. The lowest BCUT2D eigenvalue weighted by atomic mass is 9.76. The highest BCUT2D eigenvalue weighted by Gasteiger charge is 2.31. The molecule has 0 radical (unpaired) electrons. The largest absolute Gasteiger partial charge is 0.491 e. The van der Waals surface area contributed by atoms with Gasteiger partial charge in [-0.25, -0.2) is 24.7 Å². The molecule has 4 aromatic rings. The number of aromatic nitrogens is 5. The van der Waals surface area contributed by atoms with E-state index in [0.717, 1.165) is 65.8 Å². The van der Waals surface area contributed by atoms with Gasteiger partial charge in [-0.3, -0.25) is 4.57 Å². The lowest BCUT2D eigenvalue weighted by molar-refractivity contribution is 0.0854. The topological polar surface area (TPSA) is 119 Å². The Kier molecular flexibility index (Phi) is 8.77. The first-order valence-electron chi connectivity index (χ1n) is 16.1. The van der Waals surface area contributed by atoms with Crippen molar-refractivity contribution in [3.8, 4) is 16.9 Å². The highest BCUT2D eigenvalue weighted by Crippen LogP contribution is 2.39. The summed E-state index contributed by atoms with van der Waals surface area (Å²) in [6.45, 7) is 14.6. The van der Waals surface area contributed by atoms with Gasteiger partial charge in [0.2, 0.25) is 0 Å². The zero-order chi connectivity index (χ0) is 32.6. The second-order valence-electron chi connectivity index (χ2n) is 14.6. The first-order valence-corrected chi connectivity index (χ1v) is 19.8. The molecular formula is C34H45N7O4Si. The van der Waals surface area contributed by atoms with Gasteiger partial charge in [-0.15, -0.1) is 0 Å². The molecule has 6 rings (SSSR count). The Hall–Kier alpha value is -4.03. The molecular weight excluding hydrogens is 599 g/mol. The molecule has 1 aliphatic carbocycles. The highest BCUT2D eigenvalue weighted by atomic mass is 28.3. The predicted octanol–water partition coefficient (Wildman–Crippen LogP) is 6.22. The van der Waals surface area contributed by atoms with Crippen molar-refractivity contribution in [3.63, 3.8) is 0 Å². The minimum absolute atomic E-state index is 0.133. The SMILES string of the molecule is CN(Cc1nc2cc(-c3ccc4c(c3)CN(c3ncnc5c3CC(C)(C)CC5)CCO4)cnc2n1COCC[Si](C)(C)C)C(=O)O. The summed E-state index contributed by atoms with van der Waals surface area (Å²) in [5, 5.41) is 9.52. The smallest absolute Gasteiger partial charge is 0.407 e. The number of hydrogen-bond acceptors (Lipinski definition) is 8. The van der Waals surface area contributed by atoms with Crippen LogP contribution in [0.25, 0.3) is 22.3 Å². The first-order chi connectivity index (χ1) is 21.9. The van der Waals surface area contributed by atoms with Gasteiger partial charge < -0.3 is 24.4 Å². The Bertz CT molecular complexity index is 1750. The fourth-order valence-electron chi connectivity index (χ4n) is 6.17. The van der Waals surface area contributed by atoms with Crippen molar-refractivity contribution in [2.75, 3.05) is 31.7 Å². The van der Waals surface area contributed by atoms with Crippen LogP contribution in [0.5, 0.6) is 5.75 Å². The summed E-state index contributed by atoms with van der Waals surface area (Å²) >= 11 is 0. The summed E-state index contributed by atoms with van der Waals surface area (Å²) < 4.78 is 14.1. The van der Waals surface area contributed by atoms with Crippen LogP contribution in [0.1, 0.15) is 42.9 Å². The lowest BCUT2D eigenvalue weighted by Crippen LogP contribution is -2.31. The van der Waals surface area contributed by atoms with Crippen LogP contribution in [0.4, 0.5) is 10.6 Å². The fraction of sp³-hybridized carbons (Fsp3) is 0.500. The van der Waals surface area contributed by atoms with E-state index in [4.69, 9.17) is 24.4 Å². The van der Waals surface area contributed by atoms with E-state index < -0.39 is 14.2 Å². The molecule has 0 saturated carbocycles. The third-order valence-corrected chi connectivity index (χ3v) is 10.7. The third kappa shape index (κ3) is 7.02. The number of rotatable bonds is 9. The van der Waals surface area contributed by atoms with Gasteiger partial charge in [0.05, 0.1) is 13.1 Å². The highest BCUT2D eigenvalue weighted by molar-refractivity contribution is 6.76. The molecule has 2 aliphatic rings. The van der Waals surface area contributed by atoms with Crippen LogP contribution in [0.2, 0.25) is 25.7 Å². The normalized spacial score (nSPS) is 16.0. The standard InChI is InChI=1S/C34H45N7O4Si/c1-34(2)10-9-27-26(17-34)31(37-21-36-27)40-11-12-45-29-8-7-23(15-25(29)19-40)24-16-28-32(35-18-24)41(22-44-13-14-46(4,5)6)30(38-28)20-39(3)33(42)43/h7-8,15-16,18,21H,9-14,17,19-20,22H2,1-6H3,(H,42,43). The molecule has 3 aromatic heterocycles. The van der Waals surface area contributed by atoms with Crippen molar-refractivity contribution in [2.24, 2.45) is 5.41 Å². The van der Waals surface area contributed by atoms with Gasteiger partial charge in [0.1, 0.15) is 42.6 Å². The van der Waals surface area contributed by atoms with Gasteiger partial charge in [0.25, 0.3) is 0 Å². The Labute approximate surface area is 271 Å². The zero-order valence-corrected chi connectivity index (χ0v) is 28.8. The van der Waals surface area contributed by atoms with Crippen LogP contribution >= 0.6 is 0 Å². The molecule has 1 amide bonds. The summed E-state index contributed by atoms with van der Waals surface area (Å²) in [6, 6.07) is 9.32. The van der Waals surface area contributed by atoms with E-state index in [2.05, 4.69) is 55.5 Å². The quantitative estimate of drug-likeness (QED) is 0.167. The molecule has 11 nitrogen and oxygen atoms in total. The lowest BCUT2D eigenvalue weighted by Gasteiger charge is -2.33. The number of carboxylic acid groups (broad SMARTS) is 1. The maximum atomic E-state index is 11.6. The van der Waals surface area contributed by atoms with E-state index in [1.54, 1.807) is 6.33 Å². The molecule has 1 aromatic carbocycles. The van der Waals surface area contributed by atoms with Crippen LogP contribution in [0, 0.1) is 5.41 Å². The summed E-state index contributed by atoms with van der Waals surface area (Å²) in [5.74, 6) is 2.49. The monoisotopic (exact) mass is 643 g/mol. The fourth-order valence-corrected chi connectivity index (χ4v) is 6.93. The minimum Gasteiger partial charge on any atom is -0.491 e. The van der Waals surface area contributed by atoms with E-state index in [0.29, 0.717) is 36.7 Å². The van der Waals surface area contributed by atoms with Crippen LogP contribution < -0.4 is 9.64 Å². The third-order valence-electron chi connectivity index (χ3n) is 8.97. The van der Waals surface area contributed by atoms with Gasteiger partial charge >= 0.3 is 6.09 Å². The summed E-state index contributed by atoms with van der Waals surface area (Å²) in [4.78, 5) is 34.2. The first kappa shape index (κ1) is 31.9. The zero-order valence-electron chi connectivity index (χ0n) is 27.8. The van der Waals surface area contributed by atoms with Crippen LogP contribution in [-0.2, 0) is 37.4 Å². The molecule has 0 spiro atoms. The number of amides is 1. The molecule has 4 heterocycles. The van der Waals surface area contributed by atoms with Crippen molar-refractivity contribution in [1.29, 1.82) is 0 Å². The number of aryl methyl sites for hydroxylation is 1. The van der Waals surface area contributed by atoms with E-state index in [9.17, 15) is 9.90 Å². The second-order valence-corrected chi connectivity index (χ2v) is 20.2. The molecule has 244 valence electrons. The molecule has 12 heteroatoms. The number of nitrogens with zero attached hydrogens (tertiary/aromatic N) is 7. The number of hydrogen-bond donors (Lipinski definition) is 1. The van der Waals surface area contributed by atoms with Gasteiger partial charge in [0, 0.05) is 56.9 Å². The van der Waals surface area contributed by atoms with Crippen molar-refractivity contribution in [1.82, 2.24) is 29.4 Å². The summed E-state index contributed by atoms with van der Waals surface area (Å²) in [5.41, 5.74) is 7.04.